The molecule has 0 heterocycles. The second kappa shape index (κ2) is 13.7. The first-order chi connectivity index (χ1) is 10.8. The quantitative estimate of drug-likeness (QED) is 0.200. The highest BCUT2D eigenvalue weighted by Crippen LogP contribution is 2.25. The zero-order valence-electron chi connectivity index (χ0n) is 17.3. The van der Waals surface area contributed by atoms with E-state index in [4.69, 9.17) is 4.12 Å². The summed E-state index contributed by atoms with van der Waals surface area (Å²) in [6.45, 7) is 14.4. The molecule has 0 saturated heterocycles. The molecule has 3 heteroatoms. The van der Waals surface area contributed by atoms with Crippen molar-refractivity contribution in [1.29, 1.82) is 0 Å². The normalized spacial score (nSPS) is 12.8. The molecule has 0 unspecified atom stereocenters. The minimum atomic E-state index is -1.43. The molecule has 0 fully saturated rings. The third-order valence-corrected chi connectivity index (χ3v) is 12.4. The fraction of sp³-hybridized carbons (Fsp3) is 1.00. The van der Waals surface area contributed by atoms with E-state index in [2.05, 4.69) is 40.0 Å². The highest BCUT2D eigenvalue weighted by atomic mass is 28.4. The summed E-state index contributed by atoms with van der Waals surface area (Å²) < 4.78 is 6.76. The molecule has 0 rings (SSSR count). The smallest absolute Gasteiger partial charge is 0.173 e. The van der Waals surface area contributed by atoms with Crippen LogP contribution in [0.1, 0.15) is 90.9 Å². The van der Waals surface area contributed by atoms with Crippen LogP contribution in [0.3, 0.4) is 0 Å². The molecule has 0 aliphatic carbocycles. The van der Waals surface area contributed by atoms with Gasteiger partial charge in [0.05, 0.1) is 0 Å². The monoisotopic (exact) mass is 358 g/mol. The zero-order valence-corrected chi connectivity index (χ0v) is 19.3. The molecular formula is C20H46OSi2. The van der Waals surface area contributed by atoms with Crippen LogP contribution in [-0.2, 0) is 4.12 Å². The second-order valence-corrected chi connectivity index (χ2v) is 17.5. The summed E-state index contributed by atoms with van der Waals surface area (Å²) in [6.07, 6.45) is 16.9. The Kier molecular flexibility index (Phi) is 13.9. The SMILES string of the molecule is CCCCCCCC[Si](C)(C)O[Si](C)(C)CCCCCCCC. The van der Waals surface area contributed by atoms with Gasteiger partial charge >= 0.3 is 0 Å². The molecule has 0 spiro atoms. The summed E-state index contributed by atoms with van der Waals surface area (Å²) in [5.41, 5.74) is 0. The van der Waals surface area contributed by atoms with E-state index in [0.717, 1.165) is 0 Å². The Labute approximate surface area is 150 Å². The lowest BCUT2D eigenvalue weighted by Gasteiger charge is -2.34. The minimum absolute atomic E-state index is 1.35. The van der Waals surface area contributed by atoms with Crippen molar-refractivity contribution in [3.8, 4) is 0 Å². The standard InChI is InChI=1S/C20H46OSi2/c1-7-9-11-13-15-17-19-22(3,4)21-23(5,6)20-18-16-14-12-10-8-2/h7-20H2,1-6H3. The first kappa shape index (κ1) is 23.4. The lowest BCUT2D eigenvalue weighted by atomic mass is 10.1. The highest BCUT2D eigenvalue weighted by molar-refractivity contribution is 6.84. The first-order valence-corrected chi connectivity index (χ1v) is 16.8. The topological polar surface area (TPSA) is 9.23 Å². The average molecular weight is 359 g/mol. The van der Waals surface area contributed by atoms with Crippen LogP contribution < -0.4 is 0 Å². The number of unbranched alkanes of at least 4 members (excludes halogenated alkanes) is 10. The summed E-state index contributed by atoms with van der Waals surface area (Å²) in [4.78, 5) is 0. The maximum absolute atomic E-state index is 6.76. The maximum Gasteiger partial charge on any atom is 0.173 e. The maximum atomic E-state index is 6.76. The number of hydrogen-bond donors (Lipinski definition) is 0. The van der Waals surface area contributed by atoms with Gasteiger partial charge in [-0.25, -0.2) is 0 Å². The predicted octanol–water partition coefficient (Wildman–Crippen LogP) is 8.13. The van der Waals surface area contributed by atoms with Crippen molar-refractivity contribution >= 4 is 16.6 Å². The summed E-state index contributed by atoms with van der Waals surface area (Å²) in [6, 6.07) is 2.73. The van der Waals surface area contributed by atoms with Gasteiger partial charge in [-0.15, -0.1) is 0 Å². The Morgan fingerprint density at radius 1 is 0.478 bits per heavy atom. The van der Waals surface area contributed by atoms with Crippen molar-refractivity contribution < 1.29 is 4.12 Å². The van der Waals surface area contributed by atoms with E-state index >= 15 is 0 Å². The molecule has 0 radical (unpaired) electrons. The number of hydrogen-bond acceptors (Lipinski definition) is 1. The van der Waals surface area contributed by atoms with E-state index in [1.54, 1.807) is 0 Å². The molecule has 0 aliphatic heterocycles. The summed E-state index contributed by atoms with van der Waals surface area (Å²) in [5, 5.41) is 0. The Hall–Kier alpha value is 0.394. The Morgan fingerprint density at radius 3 is 1.13 bits per heavy atom. The third-order valence-electron chi connectivity index (χ3n) is 4.82. The van der Waals surface area contributed by atoms with Crippen LogP contribution in [0.15, 0.2) is 0 Å². The molecule has 0 N–H and O–H groups in total. The van der Waals surface area contributed by atoms with Crippen LogP contribution >= 0.6 is 0 Å². The molecule has 0 atom stereocenters. The molecule has 0 aromatic heterocycles. The van der Waals surface area contributed by atoms with Crippen LogP contribution in [0.5, 0.6) is 0 Å². The predicted molar refractivity (Wildman–Crippen MR) is 112 cm³/mol. The lowest BCUT2D eigenvalue weighted by Crippen LogP contribution is -2.44. The van der Waals surface area contributed by atoms with Gasteiger partial charge in [-0.1, -0.05) is 90.9 Å². The van der Waals surface area contributed by atoms with Gasteiger partial charge in [0, 0.05) is 0 Å². The van der Waals surface area contributed by atoms with Crippen LogP contribution in [0.2, 0.25) is 38.3 Å². The molecule has 140 valence electrons. The van der Waals surface area contributed by atoms with E-state index in [-0.39, 0.29) is 0 Å². The molecule has 23 heavy (non-hydrogen) atoms. The van der Waals surface area contributed by atoms with Crippen molar-refractivity contribution in [3.63, 3.8) is 0 Å². The van der Waals surface area contributed by atoms with Crippen molar-refractivity contribution in [1.82, 2.24) is 0 Å². The Balaban J connectivity index is 3.82. The summed E-state index contributed by atoms with van der Waals surface area (Å²) >= 11 is 0. The van der Waals surface area contributed by atoms with Gasteiger partial charge in [0.1, 0.15) is 0 Å². The Morgan fingerprint density at radius 2 is 0.783 bits per heavy atom. The molecule has 0 aliphatic rings. The van der Waals surface area contributed by atoms with Gasteiger partial charge in [0.2, 0.25) is 0 Å². The Bertz CT molecular complexity index is 238. The molecule has 0 saturated carbocycles. The fourth-order valence-corrected chi connectivity index (χ4v) is 12.5. The molecule has 0 aromatic rings. The molecule has 0 aromatic carbocycles. The van der Waals surface area contributed by atoms with Crippen molar-refractivity contribution in [2.24, 2.45) is 0 Å². The van der Waals surface area contributed by atoms with Gasteiger partial charge in [-0.05, 0) is 38.3 Å². The summed E-state index contributed by atoms with van der Waals surface area (Å²) in [5.74, 6) is 0. The molecule has 0 amide bonds. The zero-order chi connectivity index (χ0) is 17.6. The van der Waals surface area contributed by atoms with Gasteiger partial charge in [0.15, 0.2) is 16.6 Å². The van der Waals surface area contributed by atoms with Gasteiger partial charge in [0.25, 0.3) is 0 Å². The third kappa shape index (κ3) is 15.7. The lowest BCUT2D eigenvalue weighted by molar-refractivity contribution is 0.519. The van der Waals surface area contributed by atoms with Gasteiger partial charge in [-0.2, -0.15) is 0 Å². The van der Waals surface area contributed by atoms with Crippen LogP contribution in [-0.4, -0.2) is 16.6 Å². The van der Waals surface area contributed by atoms with E-state index in [1.807, 2.05) is 0 Å². The first-order valence-electron chi connectivity index (χ1n) is 10.5. The molecule has 0 bridgehead atoms. The van der Waals surface area contributed by atoms with Crippen LogP contribution in [0.4, 0.5) is 0 Å². The molecular weight excluding hydrogens is 312 g/mol. The largest absolute Gasteiger partial charge is 0.455 e. The fourth-order valence-electron chi connectivity index (χ4n) is 3.51. The number of rotatable bonds is 16. The van der Waals surface area contributed by atoms with Gasteiger partial charge in [-0.3, -0.25) is 0 Å². The van der Waals surface area contributed by atoms with Crippen LogP contribution in [0, 0.1) is 0 Å². The highest BCUT2D eigenvalue weighted by Gasteiger charge is 2.31. The van der Waals surface area contributed by atoms with Crippen molar-refractivity contribution in [2.75, 3.05) is 0 Å². The second-order valence-electron chi connectivity index (χ2n) is 8.66. The van der Waals surface area contributed by atoms with E-state index < -0.39 is 16.6 Å². The molecule has 1 nitrogen and oxygen atoms in total. The van der Waals surface area contributed by atoms with Gasteiger partial charge < -0.3 is 4.12 Å². The van der Waals surface area contributed by atoms with Crippen molar-refractivity contribution in [3.05, 3.63) is 0 Å². The minimum Gasteiger partial charge on any atom is -0.455 e. The van der Waals surface area contributed by atoms with E-state index in [1.165, 1.54) is 89.1 Å². The van der Waals surface area contributed by atoms with Crippen LogP contribution in [0.25, 0.3) is 0 Å². The van der Waals surface area contributed by atoms with E-state index in [0.29, 0.717) is 0 Å². The van der Waals surface area contributed by atoms with Crippen molar-refractivity contribution in [2.45, 2.75) is 129 Å². The van der Waals surface area contributed by atoms with E-state index in [9.17, 15) is 0 Å². The summed E-state index contributed by atoms with van der Waals surface area (Å²) in [7, 11) is -2.85. The average Bonchev–Trinajstić information content (AvgIpc) is 2.45.